The van der Waals surface area contributed by atoms with Crippen molar-refractivity contribution >= 4 is 40.5 Å². The molecule has 0 radical (unpaired) electrons. The van der Waals surface area contributed by atoms with Crippen LogP contribution in [0.2, 0.25) is 5.02 Å². The summed E-state index contributed by atoms with van der Waals surface area (Å²) in [6, 6.07) is 13.3. The zero-order valence-electron chi connectivity index (χ0n) is 17.3. The highest BCUT2D eigenvalue weighted by atomic mass is 35.5. The molecular weight excluding hydrogens is 437 g/mol. The normalized spacial score (nSPS) is 10.9. The van der Waals surface area contributed by atoms with Gasteiger partial charge in [-0.2, -0.15) is 0 Å². The van der Waals surface area contributed by atoms with Gasteiger partial charge < -0.3 is 10.1 Å². The molecule has 0 bridgehead atoms. The lowest BCUT2D eigenvalue weighted by molar-refractivity contribution is -0.116. The molecule has 0 aliphatic rings. The Balaban J connectivity index is 1.80. The van der Waals surface area contributed by atoms with Gasteiger partial charge in [0.1, 0.15) is 11.4 Å². The Hall–Kier alpha value is -2.70. The Bertz CT molecular complexity index is 1060. The van der Waals surface area contributed by atoms with Crippen molar-refractivity contribution in [1.29, 1.82) is 0 Å². The van der Waals surface area contributed by atoms with E-state index in [4.69, 9.17) is 16.3 Å². The fraction of sp³-hybridized carbons (Fsp3) is 0.250. The van der Waals surface area contributed by atoms with E-state index >= 15 is 0 Å². The first kappa shape index (κ1) is 23.0. The van der Waals surface area contributed by atoms with Crippen LogP contribution in [0.1, 0.15) is 36.2 Å². The second-order valence-corrected chi connectivity index (χ2v) is 8.85. The molecule has 2 aromatic carbocycles. The molecule has 162 valence electrons. The van der Waals surface area contributed by atoms with E-state index in [-0.39, 0.29) is 30.7 Å². The highest BCUT2D eigenvalue weighted by molar-refractivity contribution is 7.14. The van der Waals surface area contributed by atoms with Crippen molar-refractivity contribution in [1.82, 2.24) is 0 Å². The molecule has 1 N–H and O–H groups in total. The lowest BCUT2D eigenvalue weighted by atomic mass is 10.1. The summed E-state index contributed by atoms with van der Waals surface area (Å²) in [5.41, 5.74) is 2.28. The Morgan fingerprint density at radius 3 is 2.58 bits per heavy atom. The fourth-order valence-corrected chi connectivity index (χ4v) is 4.07. The van der Waals surface area contributed by atoms with Crippen molar-refractivity contribution in [3.63, 3.8) is 0 Å². The molecule has 0 fully saturated rings. The standard InChI is InChI=1S/C24H23ClFNO3S/c1-15(2)13-30-24(29)22-20(14-31-23(22)17-7-9-18(25)10-8-17)27-21(28)11-6-16-4-3-5-19(26)12-16/h3-5,7-10,12,14-15H,6,11,13H2,1-2H3,(H,27,28). The summed E-state index contributed by atoms with van der Waals surface area (Å²) in [6.45, 7) is 4.19. The Kier molecular flexibility index (Phi) is 7.82. The number of hydrogen-bond acceptors (Lipinski definition) is 4. The molecule has 0 aliphatic carbocycles. The number of esters is 1. The maximum Gasteiger partial charge on any atom is 0.341 e. The van der Waals surface area contributed by atoms with Crippen LogP contribution < -0.4 is 5.32 Å². The topological polar surface area (TPSA) is 55.4 Å². The molecule has 0 saturated carbocycles. The van der Waals surface area contributed by atoms with E-state index in [1.54, 1.807) is 29.6 Å². The summed E-state index contributed by atoms with van der Waals surface area (Å²) in [4.78, 5) is 26.1. The van der Waals surface area contributed by atoms with Crippen molar-refractivity contribution in [3.05, 3.63) is 75.9 Å². The van der Waals surface area contributed by atoms with E-state index in [0.29, 0.717) is 27.6 Å². The van der Waals surface area contributed by atoms with Gasteiger partial charge in [-0.3, -0.25) is 4.79 Å². The molecule has 3 rings (SSSR count). The van der Waals surface area contributed by atoms with Crippen LogP contribution in [0.15, 0.2) is 53.9 Å². The molecule has 4 nitrogen and oxygen atoms in total. The molecule has 0 unspecified atom stereocenters. The van der Waals surface area contributed by atoms with Crippen molar-refractivity contribution in [2.45, 2.75) is 26.7 Å². The van der Waals surface area contributed by atoms with Crippen molar-refractivity contribution in [2.24, 2.45) is 5.92 Å². The number of rotatable bonds is 8. The van der Waals surface area contributed by atoms with Crippen molar-refractivity contribution in [3.8, 4) is 10.4 Å². The predicted octanol–water partition coefficient (Wildman–Crippen LogP) is 6.59. The second kappa shape index (κ2) is 10.6. The molecule has 0 spiro atoms. The number of carbonyl (C=O) groups excluding carboxylic acids is 2. The number of halogens is 2. The summed E-state index contributed by atoms with van der Waals surface area (Å²) in [5.74, 6) is -0.896. The number of hydrogen-bond donors (Lipinski definition) is 1. The highest BCUT2D eigenvalue weighted by Gasteiger charge is 2.23. The minimum atomic E-state index is -0.486. The SMILES string of the molecule is CC(C)COC(=O)c1c(NC(=O)CCc2cccc(F)c2)csc1-c1ccc(Cl)cc1. The van der Waals surface area contributed by atoms with E-state index < -0.39 is 5.97 Å². The molecule has 0 atom stereocenters. The zero-order chi connectivity index (χ0) is 22.4. The van der Waals surface area contributed by atoms with E-state index in [0.717, 1.165) is 11.1 Å². The van der Waals surface area contributed by atoms with Gasteiger partial charge in [0.05, 0.1) is 17.2 Å². The van der Waals surface area contributed by atoms with Crippen LogP contribution in [-0.4, -0.2) is 18.5 Å². The van der Waals surface area contributed by atoms with Crippen LogP contribution in [0.3, 0.4) is 0 Å². The van der Waals surface area contributed by atoms with Gasteiger partial charge in [-0.15, -0.1) is 11.3 Å². The van der Waals surface area contributed by atoms with Gasteiger partial charge in [-0.25, -0.2) is 9.18 Å². The van der Waals surface area contributed by atoms with E-state index in [2.05, 4.69) is 5.32 Å². The molecule has 0 aliphatic heterocycles. The second-order valence-electron chi connectivity index (χ2n) is 7.53. The van der Waals surface area contributed by atoms with Gasteiger partial charge in [0.2, 0.25) is 5.91 Å². The summed E-state index contributed by atoms with van der Waals surface area (Å²) in [7, 11) is 0. The summed E-state index contributed by atoms with van der Waals surface area (Å²) < 4.78 is 18.8. The number of carbonyl (C=O) groups is 2. The minimum Gasteiger partial charge on any atom is -0.462 e. The molecule has 1 amide bonds. The van der Waals surface area contributed by atoms with Gasteiger partial charge in [0, 0.05) is 16.8 Å². The van der Waals surface area contributed by atoms with E-state index in [9.17, 15) is 14.0 Å². The van der Waals surface area contributed by atoms with Crippen LogP contribution >= 0.6 is 22.9 Å². The molecule has 1 aromatic heterocycles. The maximum atomic E-state index is 13.3. The number of nitrogens with one attached hydrogen (secondary N) is 1. The number of benzene rings is 2. The van der Waals surface area contributed by atoms with Crippen LogP contribution in [0.4, 0.5) is 10.1 Å². The van der Waals surface area contributed by atoms with Gasteiger partial charge in [0.25, 0.3) is 0 Å². The average molecular weight is 460 g/mol. The van der Waals surface area contributed by atoms with Gasteiger partial charge >= 0.3 is 5.97 Å². The molecule has 3 aromatic rings. The van der Waals surface area contributed by atoms with Gasteiger partial charge in [-0.05, 0) is 47.7 Å². The monoisotopic (exact) mass is 459 g/mol. The lowest BCUT2D eigenvalue weighted by Gasteiger charge is -2.11. The maximum absolute atomic E-state index is 13.3. The van der Waals surface area contributed by atoms with Crippen LogP contribution in [0.5, 0.6) is 0 Å². The highest BCUT2D eigenvalue weighted by Crippen LogP contribution is 2.37. The van der Waals surface area contributed by atoms with Gasteiger partial charge in [0.15, 0.2) is 0 Å². The van der Waals surface area contributed by atoms with Crippen LogP contribution in [0.25, 0.3) is 10.4 Å². The molecule has 31 heavy (non-hydrogen) atoms. The van der Waals surface area contributed by atoms with Gasteiger partial charge in [-0.1, -0.05) is 49.7 Å². The Morgan fingerprint density at radius 2 is 1.90 bits per heavy atom. The third kappa shape index (κ3) is 6.39. The quantitative estimate of drug-likeness (QED) is 0.386. The minimum absolute atomic E-state index is 0.163. The summed E-state index contributed by atoms with van der Waals surface area (Å²) >= 11 is 7.33. The summed E-state index contributed by atoms with van der Waals surface area (Å²) in [6.07, 6.45) is 0.557. The number of anilines is 1. The third-order valence-electron chi connectivity index (χ3n) is 4.45. The van der Waals surface area contributed by atoms with Crippen molar-refractivity contribution in [2.75, 3.05) is 11.9 Å². The Morgan fingerprint density at radius 1 is 1.16 bits per heavy atom. The molecule has 0 saturated heterocycles. The molecular formula is C24H23ClFNO3S. The number of ether oxygens (including phenoxy) is 1. The fourth-order valence-electron chi connectivity index (χ4n) is 2.94. The van der Waals surface area contributed by atoms with Crippen molar-refractivity contribution < 1.29 is 18.7 Å². The van der Waals surface area contributed by atoms with Crippen LogP contribution in [0, 0.1) is 11.7 Å². The number of aryl methyl sites for hydroxylation is 1. The number of thiophene rings is 1. The number of amides is 1. The zero-order valence-corrected chi connectivity index (χ0v) is 18.9. The molecule has 7 heteroatoms. The van der Waals surface area contributed by atoms with E-state index in [1.165, 1.54) is 23.5 Å². The first-order chi connectivity index (χ1) is 14.8. The summed E-state index contributed by atoms with van der Waals surface area (Å²) in [5, 5.41) is 5.14. The largest absolute Gasteiger partial charge is 0.462 e. The third-order valence-corrected chi connectivity index (χ3v) is 5.73. The first-order valence-corrected chi connectivity index (χ1v) is 11.2. The smallest absolute Gasteiger partial charge is 0.341 e. The van der Waals surface area contributed by atoms with Crippen LogP contribution in [-0.2, 0) is 16.0 Å². The van der Waals surface area contributed by atoms with E-state index in [1.807, 2.05) is 26.0 Å². The average Bonchev–Trinajstić information content (AvgIpc) is 3.14. The predicted molar refractivity (Wildman–Crippen MR) is 123 cm³/mol. The first-order valence-electron chi connectivity index (χ1n) is 9.92. The molecule has 1 heterocycles. The lowest BCUT2D eigenvalue weighted by Crippen LogP contribution is -2.16. The Labute approximate surface area is 190 Å².